The molecule has 6 nitrogen and oxygen atoms in total. The normalized spacial score (nSPS) is 21.7. The minimum Gasteiger partial charge on any atom is -0.461 e. The highest BCUT2D eigenvalue weighted by atomic mass is 16.6. The van der Waals surface area contributed by atoms with Gasteiger partial charge in [0.1, 0.15) is 12.7 Å². The molecule has 1 amide bonds. The van der Waals surface area contributed by atoms with Crippen molar-refractivity contribution >= 4 is 12.1 Å². The Morgan fingerprint density at radius 3 is 2.19 bits per heavy atom. The molecule has 2 aromatic carbocycles. The molecule has 0 N–H and O–H groups in total. The summed E-state index contributed by atoms with van der Waals surface area (Å²) >= 11 is 0. The van der Waals surface area contributed by atoms with Gasteiger partial charge in [0.05, 0.1) is 6.42 Å². The van der Waals surface area contributed by atoms with Gasteiger partial charge in [-0.2, -0.15) is 0 Å². The molecule has 3 heterocycles. The molecule has 3 fully saturated rings. The van der Waals surface area contributed by atoms with E-state index in [4.69, 9.17) is 9.47 Å². The number of amides is 1. The zero-order chi connectivity index (χ0) is 22.2. The standard InChI is InChI=1S/C26H32N2O4/c29-25(32-24-19-27-15-12-23(24)13-16-27)14-18-28(17-11-21-7-3-1-4-8-21)26(30)31-20-22-9-5-2-6-10-22/h1-10,23-24H,11-20H2/t24-/m0/s1. The molecule has 2 aromatic rings. The zero-order valence-electron chi connectivity index (χ0n) is 18.5. The number of hydrogen-bond acceptors (Lipinski definition) is 5. The van der Waals surface area contributed by atoms with Gasteiger partial charge in [-0.05, 0) is 49.4 Å². The number of rotatable bonds is 9. The lowest BCUT2D eigenvalue weighted by Crippen LogP contribution is -2.52. The van der Waals surface area contributed by atoms with Crippen LogP contribution in [-0.2, 0) is 27.3 Å². The average Bonchev–Trinajstić information content (AvgIpc) is 2.84. The zero-order valence-corrected chi connectivity index (χ0v) is 18.5. The first-order valence-electron chi connectivity index (χ1n) is 11.6. The van der Waals surface area contributed by atoms with E-state index in [9.17, 15) is 9.59 Å². The van der Waals surface area contributed by atoms with Crippen molar-refractivity contribution in [1.29, 1.82) is 0 Å². The molecule has 0 aromatic heterocycles. The fourth-order valence-electron chi connectivity index (χ4n) is 4.51. The van der Waals surface area contributed by atoms with Crippen molar-refractivity contribution in [1.82, 2.24) is 9.80 Å². The van der Waals surface area contributed by atoms with Crippen LogP contribution in [0.15, 0.2) is 60.7 Å². The molecule has 3 aliphatic rings. The smallest absolute Gasteiger partial charge is 0.410 e. The van der Waals surface area contributed by atoms with Gasteiger partial charge in [0.15, 0.2) is 0 Å². The quantitative estimate of drug-likeness (QED) is 0.558. The topological polar surface area (TPSA) is 59.1 Å². The van der Waals surface area contributed by atoms with Crippen molar-refractivity contribution in [3.63, 3.8) is 0 Å². The summed E-state index contributed by atoms with van der Waals surface area (Å²) < 4.78 is 11.3. The third kappa shape index (κ3) is 6.33. The summed E-state index contributed by atoms with van der Waals surface area (Å²) in [6.07, 6.45) is 2.68. The van der Waals surface area contributed by atoms with E-state index in [1.807, 2.05) is 60.7 Å². The number of esters is 1. The largest absolute Gasteiger partial charge is 0.461 e. The minimum absolute atomic E-state index is 0.00667. The lowest BCUT2D eigenvalue weighted by atomic mass is 9.86. The van der Waals surface area contributed by atoms with Gasteiger partial charge < -0.3 is 14.4 Å². The predicted octanol–water partition coefficient (Wildman–Crippen LogP) is 3.90. The number of fused-ring (bicyclic) bond motifs is 3. The third-order valence-electron chi connectivity index (χ3n) is 6.44. The second kappa shape index (κ2) is 11.1. The van der Waals surface area contributed by atoms with Crippen molar-refractivity contribution in [2.45, 2.75) is 38.4 Å². The van der Waals surface area contributed by atoms with Crippen molar-refractivity contribution in [2.75, 3.05) is 32.7 Å². The number of benzene rings is 2. The maximum absolute atomic E-state index is 12.8. The Balaban J connectivity index is 1.30. The molecular weight excluding hydrogens is 404 g/mol. The second-order valence-corrected chi connectivity index (χ2v) is 8.68. The summed E-state index contributed by atoms with van der Waals surface area (Å²) in [5.74, 6) is 0.248. The molecule has 0 aliphatic carbocycles. The van der Waals surface area contributed by atoms with Crippen molar-refractivity contribution in [3.8, 4) is 0 Å². The molecule has 1 atom stereocenters. The molecular formula is C26H32N2O4. The van der Waals surface area contributed by atoms with Crippen molar-refractivity contribution in [2.24, 2.45) is 5.92 Å². The first-order chi connectivity index (χ1) is 15.7. The number of carbonyl (C=O) groups is 2. The van der Waals surface area contributed by atoms with E-state index in [0.717, 1.165) is 43.6 Å². The van der Waals surface area contributed by atoms with Crippen LogP contribution in [-0.4, -0.2) is 60.7 Å². The Morgan fingerprint density at radius 2 is 1.56 bits per heavy atom. The van der Waals surface area contributed by atoms with Gasteiger partial charge in [0, 0.05) is 19.6 Å². The summed E-state index contributed by atoms with van der Waals surface area (Å²) in [5.41, 5.74) is 2.08. The van der Waals surface area contributed by atoms with Crippen LogP contribution in [0.2, 0.25) is 0 Å². The number of nitrogens with zero attached hydrogens (tertiary/aromatic N) is 2. The van der Waals surface area contributed by atoms with E-state index < -0.39 is 6.09 Å². The average molecular weight is 437 g/mol. The minimum atomic E-state index is -0.402. The highest BCUT2D eigenvalue weighted by Crippen LogP contribution is 2.29. The fraction of sp³-hybridized carbons (Fsp3) is 0.462. The van der Waals surface area contributed by atoms with Crippen molar-refractivity contribution < 1.29 is 19.1 Å². The Hall–Kier alpha value is -2.86. The molecule has 5 rings (SSSR count). The maximum Gasteiger partial charge on any atom is 0.410 e. The summed E-state index contributed by atoms with van der Waals surface area (Å²) in [5, 5.41) is 0. The molecule has 2 bridgehead atoms. The van der Waals surface area contributed by atoms with Gasteiger partial charge in [-0.3, -0.25) is 9.69 Å². The van der Waals surface area contributed by atoms with Crippen LogP contribution in [0.4, 0.5) is 4.79 Å². The fourth-order valence-corrected chi connectivity index (χ4v) is 4.51. The second-order valence-electron chi connectivity index (χ2n) is 8.68. The van der Waals surface area contributed by atoms with Gasteiger partial charge in [-0.1, -0.05) is 60.7 Å². The first-order valence-corrected chi connectivity index (χ1v) is 11.6. The van der Waals surface area contributed by atoms with Gasteiger partial charge in [-0.25, -0.2) is 4.79 Å². The van der Waals surface area contributed by atoms with E-state index in [2.05, 4.69) is 4.90 Å². The summed E-state index contributed by atoms with van der Waals surface area (Å²) in [6.45, 7) is 4.06. The molecule has 0 spiro atoms. The third-order valence-corrected chi connectivity index (χ3v) is 6.44. The highest BCUT2D eigenvalue weighted by molar-refractivity contribution is 5.72. The Labute approximate surface area is 190 Å². The van der Waals surface area contributed by atoms with Crippen molar-refractivity contribution in [3.05, 3.63) is 71.8 Å². The highest BCUT2D eigenvalue weighted by Gasteiger charge is 2.36. The maximum atomic E-state index is 12.8. The van der Waals surface area contributed by atoms with E-state index in [0.29, 0.717) is 25.4 Å². The number of carbonyl (C=O) groups excluding carboxylic acids is 2. The number of hydrogen-bond donors (Lipinski definition) is 0. The van der Waals surface area contributed by atoms with Crippen LogP contribution in [0.25, 0.3) is 0 Å². The van der Waals surface area contributed by atoms with Crippen LogP contribution in [0.1, 0.15) is 30.4 Å². The molecule has 170 valence electrons. The summed E-state index contributed by atoms with van der Waals surface area (Å²) in [6, 6.07) is 19.6. The van der Waals surface area contributed by atoms with Crippen LogP contribution in [0, 0.1) is 5.92 Å². The molecule has 0 radical (unpaired) electrons. The van der Waals surface area contributed by atoms with E-state index in [-0.39, 0.29) is 25.1 Å². The van der Waals surface area contributed by atoms with E-state index in [1.54, 1.807) is 4.90 Å². The van der Waals surface area contributed by atoms with Crippen LogP contribution < -0.4 is 0 Å². The first kappa shape index (κ1) is 22.3. The van der Waals surface area contributed by atoms with E-state index in [1.165, 1.54) is 0 Å². The lowest BCUT2D eigenvalue weighted by molar-refractivity contribution is -0.159. The summed E-state index contributed by atoms with van der Waals surface area (Å²) in [7, 11) is 0. The predicted molar refractivity (Wildman–Crippen MR) is 122 cm³/mol. The van der Waals surface area contributed by atoms with Crippen LogP contribution in [0.5, 0.6) is 0 Å². The monoisotopic (exact) mass is 436 g/mol. The molecule has 0 saturated carbocycles. The Morgan fingerprint density at radius 1 is 0.906 bits per heavy atom. The molecule has 32 heavy (non-hydrogen) atoms. The molecule has 3 aliphatic heterocycles. The van der Waals surface area contributed by atoms with Crippen LogP contribution >= 0.6 is 0 Å². The molecule has 6 heteroatoms. The van der Waals surface area contributed by atoms with Gasteiger partial charge in [0.25, 0.3) is 0 Å². The van der Waals surface area contributed by atoms with Crippen LogP contribution in [0.3, 0.4) is 0 Å². The molecule has 3 saturated heterocycles. The molecule has 0 unspecified atom stereocenters. The summed E-state index contributed by atoms with van der Waals surface area (Å²) in [4.78, 5) is 29.3. The van der Waals surface area contributed by atoms with Gasteiger partial charge in [0.2, 0.25) is 0 Å². The lowest BCUT2D eigenvalue weighted by Gasteiger charge is -2.43. The number of piperidine rings is 3. The van der Waals surface area contributed by atoms with E-state index >= 15 is 0 Å². The van der Waals surface area contributed by atoms with Gasteiger partial charge >= 0.3 is 12.1 Å². The Bertz CT molecular complexity index is 866. The Kier molecular flexibility index (Phi) is 7.77. The SMILES string of the molecule is O=C(CCN(CCc1ccccc1)C(=O)OCc1ccccc1)O[C@H]1CN2CCC1CC2. The van der Waals surface area contributed by atoms with Gasteiger partial charge in [-0.15, -0.1) is 0 Å². The number of ether oxygens (including phenoxy) is 2.